The molecule has 1 amide bonds. The summed E-state index contributed by atoms with van der Waals surface area (Å²) >= 11 is 0. The van der Waals surface area contributed by atoms with Gasteiger partial charge in [-0.25, -0.2) is 4.57 Å². The lowest BCUT2D eigenvalue weighted by molar-refractivity contribution is -0.142. The number of hydrogen-bond acceptors (Lipinski definition) is 9. The molecular weight excluding hydrogens is 443 g/mol. The molecule has 0 heterocycles. The van der Waals surface area contributed by atoms with E-state index in [4.69, 9.17) is 9.05 Å². The molecule has 180 valence electrons. The van der Waals surface area contributed by atoms with Crippen molar-refractivity contribution >= 4 is 25.6 Å². The van der Waals surface area contributed by atoms with Gasteiger partial charge in [0.25, 0.3) is 0 Å². The number of para-hydroxylation sites is 1. The molecule has 0 aromatic heterocycles. The molecule has 0 aliphatic carbocycles. The Morgan fingerprint density at radius 3 is 2.31 bits per heavy atom. The molecule has 0 radical (unpaired) electrons. The van der Waals surface area contributed by atoms with E-state index >= 15 is 0 Å². The van der Waals surface area contributed by atoms with Gasteiger partial charge in [-0.3, -0.25) is 18.9 Å². The van der Waals surface area contributed by atoms with Gasteiger partial charge in [-0.15, -0.1) is 0 Å². The summed E-state index contributed by atoms with van der Waals surface area (Å²) in [5.41, 5.74) is -1.21. The Morgan fingerprint density at radius 1 is 1.12 bits per heavy atom. The summed E-state index contributed by atoms with van der Waals surface area (Å²) in [6.07, 6.45) is -1.61. The van der Waals surface area contributed by atoms with Crippen molar-refractivity contribution in [3.63, 3.8) is 0 Å². The highest BCUT2D eigenvalue weighted by Gasteiger charge is 2.39. The third kappa shape index (κ3) is 8.96. The highest BCUT2D eigenvalue weighted by atomic mass is 31.2. The van der Waals surface area contributed by atoms with Gasteiger partial charge in [0.05, 0.1) is 27.2 Å². The van der Waals surface area contributed by atoms with Gasteiger partial charge < -0.3 is 24.4 Å². The van der Waals surface area contributed by atoms with Crippen molar-refractivity contribution in [2.45, 2.75) is 39.3 Å². The maximum absolute atomic E-state index is 13.3. The first-order valence-corrected chi connectivity index (χ1v) is 11.4. The third-order valence-electron chi connectivity index (χ3n) is 4.33. The number of carbonyl (C=O) groups is 3. The fraction of sp³-hybridized carbons (Fsp3) is 0.550. The summed E-state index contributed by atoms with van der Waals surface area (Å²) in [5, 5.41) is 15.3. The van der Waals surface area contributed by atoms with E-state index in [0.717, 1.165) is 0 Å². The number of aliphatic hydroxyl groups is 1. The summed E-state index contributed by atoms with van der Waals surface area (Å²) in [6, 6.07) is 7.14. The molecule has 0 spiro atoms. The molecule has 1 aromatic carbocycles. The van der Waals surface area contributed by atoms with Gasteiger partial charge in [-0.05, 0) is 19.1 Å². The summed E-state index contributed by atoms with van der Waals surface area (Å²) in [4.78, 5) is 35.1. The van der Waals surface area contributed by atoms with Crippen molar-refractivity contribution in [1.29, 1.82) is 0 Å². The molecular formula is C20H31N2O9P. The van der Waals surface area contributed by atoms with Gasteiger partial charge in [0.15, 0.2) is 0 Å². The van der Waals surface area contributed by atoms with E-state index in [0.29, 0.717) is 0 Å². The fourth-order valence-electron chi connectivity index (χ4n) is 2.35. The SMILES string of the molecule is COC(=O)CCNC(=O)[C@H](O)C(C)(C)CO[P@](=O)(N[C@@H](C)C(=O)OC)Oc1ccccc1. The lowest BCUT2D eigenvalue weighted by atomic mass is 9.87. The number of carbonyl (C=O) groups excluding carboxylic acids is 3. The van der Waals surface area contributed by atoms with Crippen LogP contribution in [0.25, 0.3) is 0 Å². The van der Waals surface area contributed by atoms with Crippen LogP contribution < -0.4 is 14.9 Å². The normalized spacial score (nSPS) is 15.1. The average Bonchev–Trinajstić information content (AvgIpc) is 2.77. The van der Waals surface area contributed by atoms with Crippen molar-refractivity contribution in [2.75, 3.05) is 27.4 Å². The predicted molar refractivity (Wildman–Crippen MR) is 115 cm³/mol. The second-order valence-electron chi connectivity index (χ2n) is 7.56. The molecule has 0 bridgehead atoms. The van der Waals surface area contributed by atoms with Gasteiger partial charge >= 0.3 is 19.7 Å². The Labute approximate surface area is 187 Å². The summed E-state index contributed by atoms with van der Waals surface area (Å²) < 4.78 is 33.4. The van der Waals surface area contributed by atoms with Crippen LogP contribution in [-0.4, -0.2) is 62.5 Å². The van der Waals surface area contributed by atoms with Crippen LogP contribution in [0.2, 0.25) is 0 Å². The second kappa shape index (κ2) is 12.5. The zero-order chi connectivity index (χ0) is 24.4. The fourth-order valence-corrected chi connectivity index (χ4v) is 4.01. The third-order valence-corrected chi connectivity index (χ3v) is 5.95. The summed E-state index contributed by atoms with van der Waals surface area (Å²) in [5.74, 6) is -1.71. The quantitative estimate of drug-likeness (QED) is 0.283. The lowest BCUT2D eigenvalue weighted by Crippen LogP contribution is -2.46. The smallest absolute Gasteiger partial charge is 0.459 e. The molecule has 12 heteroatoms. The zero-order valence-corrected chi connectivity index (χ0v) is 19.7. The van der Waals surface area contributed by atoms with Crippen molar-refractivity contribution in [3.05, 3.63) is 30.3 Å². The number of benzene rings is 1. The number of aliphatic hydroxyl groups excluding tert-OH is 1. The molecule has 0 aliphatic heterocycles. The summed E-state index contributed by atoms with van der Waals surface area (Å²) in [7, 11) is -1.71. The van der Waals surface area contributed by atoms with Gasteiger partial charge in [-0.2, -0.15) is 5.09 Å². The summed E-state index contributed by atoms with van der Waals surface area (Å²) in [6.45, 7) is 4.07. The van der Waals surface area contributed by atoms with Gasteiger partial charge in [-0.1, -0.05) is 32.0 Å². The van der Waals surface area contributed by atoms with E-state index in [1.54, 1.807) is 30.3 Å². The standard InChI is InChI=1S/C20H31N2O9P/c1-14(19(26)29-5)22-32(27,31-15-9-7-6-8-10-15)30-13-20(2,3)17(24)18(25)21-12-11-16(23)28-4/h6-10,14,17,24H,11-13H2,1-5H3,(H,21,25)(H,22,27)/t14-,17-,32+/m0/s1. The maximum Gasteiger partial charge on any atom is 0.459 e. The van der Waals surface area contributed by atoms with Gasteiger partial charge in [0.1, 0.15) is 17.9 Å². The van der Waals surface area contributed by atoms with Crippen LogP contribution in [0.3, 0.4) is 0 Å². The van der Waals surface area contributed by atoms with Gasteiger partial charge in [0.2, 0.25) is 5.91 Å². The molecule has 3 atom stereocenters. The second-order valence-corrected chi connectivity index (χ2v) is 9.25. The number of rotatable bonds is 13. The molecule has 3 N–H and O–H groups in total. The van der Waals surface area contributed by atoms with Crippen LogP contribution in [0, 0.1) is 5.41 Å². The van der Waals surface area contributed by atoms with Crippen molar-refractivity contribution < 1.29 is 42.6 Å². The monoisotopic (exact) mass is 474 g/mol. The number of ether oxygens (including phenoxy) is 2. The predicted octanol–water partition coefficient (Wildman–Crippen LogP) is 1.41. The molecule has 0 aliphatic rings. The van der Waals surface area contributed by atoms with Crippen molar-refractivity contribution in [3.8, 4) is 5.75 Å². The van der Waals surface area contributed by atoms with Crippen LogP contribution in [0.5, 0.6) is 5.75 Å². The van der Waals surface area contributed by atoms with Crippen LogP contribution in [-0.2, 0) is 32.9 Å². The topological polar surface area (TPSA) is 149 Å². The van der Waals surface area contributed by atoms with Crippen molar-refractivity contribution in [2.24, 2.45) is 5.41 Å². The Balaban J connectivity index is 2.86. The van der Waals surface area contributed by atoms with Crippen LogP contribution in [0.4, 0.5) is 0 Å². The van der Waals surface area contributed by atoms with E-state index in [-0.39, 0.29) is 25.3 Å². The van der Waals surface area contributed by atoms with Crippen molar-refractivity contribution in [1.82, 2.24) is 10.4 Å². The highest BCUT2D eigenvalue weighted by molar-refractivity contribution is 7.52. The molecule has 11 nitrogen and oxygen atoms in total. The highest BCUT2D eigenvalue weighted by Crippen LogP contribution is 2.46. The molecule has 1 rings (SSSR count). The minimum absolute atomic E-state index is 0.0205. The van der Waals surface area contributed by atoms with E-state index in [1.807, 2.05) is 0 Å². The number of methoxy groups -OCH3 is 2. The average molecular weight is 474 g/mol. The first-order chi connectivity index (χ1) is 14.9. The van der Waals surface area contributed by atoms with E-state index in [1.165, 1.54) is 35.0 Å². The van der Waals surface area contributed by atoms with Crippen LogP contribution >= 0.6 is 7.75 Å². The van der Waals surface area contributed by atoms with Crippen LogP contribution in [0.1, 0.15) is 27.2 Å². The molecule has 0 saturated carbocycles. The molecule has 0 unspecified atom stereocenters. The molecule has 1 aromatic rings. The Kier molecular flexibility index (Phi) is 10.8. The van der Waals surface area contributed by atoms with Crippen LogP contribution in [0.15, 0.2) is 30.3 Å². The number of esters is 2. The van der Waals surface area contributed by atoms with Gasteiger partial charge in [0, 0.05) is 12.0 Å². The molecule has 32 heavy (non-hydrogen) atoms. The Hall–Kier alpha value is -2.46. The number of nitrogens with one attached hydrogen (secondary N) is 2. The first-order valence-electron chi connectivity index (χ1n) is 9.81. The Bertz CT molecular complexity index is 817. The van der Waals surface area contributed by atoms with E-state index in [2.05, 4.69) is 19.9 Å². The number of amides is 1. The van der Waals surface area contributed by atoms with E-state index < -0.39 is 43.2 Å². The van der Waals surface area contributed by atoms with E-state index in [9.17, 15) is 24.1 Å². The lowest BCUT2D eigenvalue weighted by Gasteiger charge is -2.31. The zero-order valence-electron chi connectivity index (χ0n) is 18.8. The minimum Gasteiger partial charge on any atom is -0.469 e. The first kappa shape index (κ1) is 27.6. The molecule has 0 saturated heterocycles. The number of hydrogen-bond donors (Lipinski definition) is 3. The largest absolute Gasteiger partial charge is 0.469 e. The molecule has 0 fully saturated rings. The minimum atomic E-state index is -4.12. The maximum atomic E-state index is 13.3. The Morgan fingerprint density at radius 2 is 1.75 bits per heavy atom.